The molecule has 0 atom stereocenters. The summed E-state index contributed by atoms with van der Waals surface area (Å²) in [5.74, 6) is -0.548. The third-order valence-electron chi connectivity index (χ3n) is 4.42. The Kier molecular flexibility index (Phi) is 7.20. The third kappa shape index (κ3) is 5.66. The maximum absolute atomic E-state index is 13.5. The summed E-state index contributed by atoms with van der Waals surface area (Å²) in [5.41, 5.74) is 0.417. The van der Waals surface area contributed by atoms with Crippen molar-refractivity contribution in [3.8, 4) is 16.3 Å². The van der Waals surface area contributed by atoms with Gasteiger partial charge in [-0.25, -0.2) is 4.98 Å². The SMILES string of the molecule is CCCCCOc1ccc(CC(=O)c2csc(-c3cccnc3)n2)cc1C(F)(F)F. The molecule has 0 aliphatic carbocycles. The summed E-state index contributed by atoms with van der Waals surface area (Å²) >= 11 is 1.29. The predicted molar refractivity (Wildman–Crippen MR) is 110 cm³/mol. The number of ketones is 1. The fourth-order valence-corrected chi connectivity index (χ4v) is 3.68. The first-order chi connectivity index (χ1) is 14.4. The van der Waals surface area contributed by atoms with Gasteiger partial charge < -0.3 is 4.74 Å². The Bertz CT molecular complexity index is 988. The Morgan fingerprint density at radius 2 is 2.03 bits per heavy atom. The van der Waals surface area contributed by atoms with Crippen LogP contribution in [0.25, 0.3) is 10.6 Å². The van der Waals surface area contributed by atoms with Crippen LogP contribution in [0.1, 0.15) is 47.8 Å². The molecule has 0 N–H and O–H groups in total. The van der Waals surface area contributed by atoms with E-state index in [1.165, 1.54) is 23.5 Å². The number of carbonyl (C=O) groups is 1. The van der Waals surface area contributed by atoms with Gasteiger partial charge in [-0.05, 0) is 36.2 Å². The molecular weight excluding hydrogens is 413 g/mol. The monoisotopic (exact) mass is 434 g/mol. The molecule has 0 spiro atoms. The van der Waals surface area contributed by atoms with Gasteiger partial charge in [0, 0.05) is 29.8 Å². The summed E-state index contributed by atoms with van der Waals surface area (Å²) in [7, 11) is 0. The van der Waals surface area contributed by atoms with Crippen LogP contribution in [0, 0.1) is 0 Å². The van der Waals surface area contributed by atoms with E-state index in [0.29, 0.717) is 11.4 Å². The van der Waals surface area contributed by atoms with Crippen LogP contribution in [0.2, 0.25) is 0 Å². The van der Waals surface area contributed by atoms with E-state index in [2.05, 4.69) is 9.97 Å². The number of hydrogen-bond donors (Lipinski definition) is 0. The van der Waals surface area contributed by atoms with Gasteiger partial charge in [0.1, 0.15) is 16.5 Å². The van der Waals surface area contributed by atoms with Crippen LogP contribution in [0.4, 0.5) is 13.2 Å². The standard InChI is InChI=1S/C22H21F3N2O2S/c1-2-3-4-10-29-20-8-7-15(11-17(20)22(23,24)25)12-19(28)18-14-30-21(27-18)16-6-5-9-26-13-16/h5-9,11,13-14H,2-4,10,12H2,1H3. The van der Waals surface area contributed by atoms with E-state index >= 15 is 0 Å². The van der Waals surface area contributed by atoms with Crippen molar-refractivity contribution in [3.63, 3.8) is 0 Å². The number of nitrogens with zero attached hydrogens (tertiary/aromatic N) is 2. The zero-order chi connectivity index (χ0) is 21.6. The van der Waals surface area contributed by atoms with Crippen LogP contribution in [-0.4, -0.2) is 22.4 Å². The summed E-state index contributed by atoms with van der Waals surface area (Å²) < 4.78 is 45.8. The lowest BCUT2D eigenvalue weighted by molar-refractivity contribution is -0.139. The molecule has 0 bridgehead atoms. The van der Waals surface area contributed by atoms with Gasteiger partial charge in [0.15, 0.2) is 5.78 Å². The highest BCUT2D eigenvalue weighted by Gasteiger charge is 2.34. The van der Waals surface area contributed by atoms with Crippen LogP contribution in [0.3, 0.4) is 0 Å². The van der Waals surface area contributed by atoms with Crippen LogP contribution < -0.4 is 4.74 Å². The molecule has 0 amide bonds. The van der Waals surface area contributed by atoms with Crippen molar-refractivity contribution in [2.75, 3.05) is 6.61 Å². The lowest BCUT2D eigenvalue weighted by Gasteiger charge is -2.15. The molecule has 0 aliphatic rings. The molecule has 8 heteroatoms. The summed E-state index contributed by atoms with van der Waals surface area (Å²) in [4.78, 5) is 20.9. The molecular formula is C22H21F3N2O2S. The second-order valence-corrected chi connectivity index (χ2v) is 7.62. The number of Topliss-reactive ketones (excluding diaryl/α,β-unsaturated/α-hetero) is 1. The summed E-state index contributed by atoms with van der Waals surface area (Å²) in [6, 6.07) is 7.37. The van der Waals surface area contributed by atoms with Crippen molar-refractivity contribution in [2.24, 2.45) is 0 Å². The number of ether oxygens (including phenoxy) is 1. The molecule has 0 aliphatic heterocycles. The molecule has 158 valence electrons. The molecule has 0 fully saturated rings. The molecule has 1 aromatic carbocycles. The van der Waals surface area contributed by atoms with Crippen LogP contribution >= 0.6 is 11.3 Å². The first-order valence-electron chi connectivity index (χ1n) is 9.60. The van der Waals surface area contributed by atoms with Crippen molar-refractivity contribution < 1.29 is 22.7 Å². The molecule has 2 heterocycles. The number of thiazole rings is 1. The summed E-state index contributed by atoms with van der Waals surface area (Å²) in [6.45, 7) is 2.24. The number of aromatic nitrogens is 2. The van der Waals surface area contributed by atoms with Gasteiger partial charge in [0.25, 0.3) is 0 Å². The second-order valence-electron chi connectivity index (χ2n) is 6.76. The highest BCUT2D eigenvalue weighted by Crippen LogP contribution is 2.37. The number of alkyl halides is 3. The topological polar surface area (TPSA) is 52.1 Å². The van der Waals surface area contributed by atoms with E-state index in [1.54, 1.807) is 23.8 Å². The smallest absolute Gasteiger partial charge is 0.419 e. The molecule has 2 aromatic heterocycles. The molecule has 0 saturated carbocycles. The predicted octanol–water partition coefficient (Wildman–Crippen LogP) is 6.22. The van der Waals surface area contributed by atoms with Crippen LogP contribution in [0.5, 0.6) is 5.75 Å². The van der Waals surface area contributed by atoms with Crippen molar-refractivity contribution in [3.05, 3.63) is 64.9 Å². The molecule has 30 heavy (non-hydrogen) atoms. The van der Waals surface area contributed by atoms with Gasteiger partial charge in [0.05, 0.1) is 12.2 Å². The number of unbranched alkanes of at least 4 members (excludes halogenated alkanes) is 2. The largest absolute Gasteiger partial charge is 0.493 e. The van der Waals surface area contributed by atoms with Crippen molar-refractivity contribution >= 4 is 17.1 Å². The van der Waals surface area contributed by atoms with Crippen molar-refractivity contribution in [2.45, 2.75) is 38.8 Å². The minimum absolute atomic E-state index is 0.171. The Labute approximate surface area is 176 Å². The number of rotatable bonds is 9. The van der Waals surface area contributed by atoms with E-state index in [0.717, 1.165) is 24.5 Å². The zero-order valence-electron chi connectivity index (χ0n) is 16.4. The maximum atomic E-state index is 13.5. The Hall–Kier alpha value is -2.74. The van der Waals surface area contributed by atoms with Gasteiger partial charge in [0.2, 0.25) is 0 Å². The number of hydrogen-bond acceptors (Lipinski definition) is 5. The van der Waals surface area contributed by atoms with Crippen LogP contribution in [0.15, 0.2) is 48.1 Å². The minimum Gasteiger partial charge on any atom is -0.493 e. The summed E-state index contributed by atoms with van der Waals surface area (Å²) in [5, 5.41) is 2.25. The lowest BCUT2D eigenvalue weighted by Crippen LogP contribution is -2.11. The van der Waals surface area contributed by atoms with Gasteiger partial charge in [-0.1, -0.05) is 25.8 Å². The molecule has 0 saturated heterocycles. The second kappa shape index (κ2) is 9.84. The van der Waals surface area contributed by atoms with Gasteiger partial charge in [-0.15, -0.1) is 11.3 Å². The number of pyridine rings is 1. The number of benzene rings is 1. The zero-order valence-corrected chi connectivity index (χ0v) is 17.2. The highest BCUT2D eigenvalue weighted by atomic mass is 32.1. The normalized spacial score (nSPS) is 11.5. The lowest BCUT2D eigenvalue weighted by atomic mass is 10.0. The van der Waals surface area contributed by atoms with E-state index in [4.69, 9.17) is 4.74 Å². The van der Waals surface area contributed by atoms with Gasteiger partial charge in [-0.3, -0.25) is 9.78 Å². The van der Waals surface area contributed by atoms with Crippen molar-refractivity contribution in [1.29, 1.82) is 0 Å². The third-order valence-corrected chi connectivity index (χ3v) is 5.31. The Morgan fingerprint density at radius 3 is 2.73 bits per heavy atom. The average Bonchev–Trinajstić information content (AvgIpc) is 3.22. The molecule has 4 nitrogen and oxygen atoms in total. The van der Waals surface area contributed by atoms with E-state index in [-0.39, 0.29) is 35.8 Å². The summed E-state index contributed by atoms with van der Waals surface area (Å²) in [6.07, 6.45) is 1.08. The van der Waals surface area contributed by atoms with Crippen molar-refractivity contribution in [1.82, 2.24) is 9.97 Å². The molecule has 3 rings (SSSR count). The van der Waals surface area contributed by atoms with E-state index < -0.39 is 11.7 Å². The molecule has 3 aromatic rings. The number of halogens is 3. The first kappa shape index (κ1) is 22.0. The minimum atomic E-state index is -4.56. The van der Waals surface area contributed by atoms with Gasteiger partial charge in [-0.2, -0.15) is 13.2 Å². The van der Waals surface area contributed by atoms with E-state index in [1.807, 2.05) is 13.0 Å². The quantitative estimate of drug-likeness (QED) is 0.296. The average molecular weight is 434 g/mol. The highest BCUT2D eigenvalue weighted by molar-refractivity contribution is 7.13. The van der Waals surface area contributed by atoms with Gasteiger partial charge >= 0.3 is 6.18 Å². The Balaban J connectivity index is 1.74. The first-order valence-corrected chi connectivity index (χ1v) is 10.5. The Morgan fingerprint density at radius 1 is 1.20 bits per heavy atom. The van der Waals surface area contributed by atoms with Crippen LogP contribution in [-0.2, 0) is 12.6 Å². The van der Waals surface area contributed by atoms with E-state index in [9.17, 15) is 18.0 Å². The molecule has 0 radical (unpaired) electrons. The fourth-order valence-electron chi connectivity index (χ4n) is 2.87. The maximum Gasteiger partial charge on any atom is 0.419 e. The fraction of sp³-hybridized carbons (Fsp3) is 0.318. The number of carbonyl (C=O) groups excluding carboxylic acids is 1. The molecule has 0 unspecified atom stereocenters.